The molecule has 0 aliphatic heterocycles. The normalized spacial score (nSPS) is 20.5. The second-order valence-corrected chi connectivity index (χ2v) is 4.48. The average molecular weight is 215 g/mol. The molecular weight excluding hydrogens is 194 g/mol. The molecule has 1 fully saturated rings. The monoisotopic (exact) mass is 215 g/mol. The molecule has 0 aromatic heterocycles. The molecule has 0 unspecified atom stereocenters. The summed E-state index contributed by atoms with van der Waals surface area (Å²) in [5, 5.41) is 19.0. The Morgan fingerprint density at radius 2 is 1.93 bits per heavy atom. The van der Waals surface area contributed by atoms with Crippen molar-refractivity contribution in [3.05, 3.63) is 0 Å². The van der Waals surface area contributed by atoms with Gasteiger partial charge in [0.05, 0.1) is 12.1 Å². The maximum absolute atomic E-state index is 10.6. The van der Waals surface area contributed by atoms with E-state index < -0.39 is 11.6 Å². The highest BCUT2D eigenvalue weighted by Crippen LogP contribution is 2.28. The lowest BCUT2D eigenvalue weighted by atomic mass is 9.84. The van der Waals surface area contributed by atoms with E-state index in [1.807, 2.05) is 6.92 Å². The first-order valence-electron chi connectivity index (χ1n) is 5.72. The van der Waals surface area contributed by atoms with Crippen molar-refractivity contribution in [2.75, 3.05) is 19.6 Å². The Kier molecular flexibility index (Phi) is 4.54. The van der Waals surface area contributed by atoms with Crippen LogP contribution in [0, 0.1) is 0 Å². The molecule has 0 spiro atoms. The molecule has 4 heteroatoms. The predicted molar refractivity (Wildman–Crippen MR) is 57.8 cm³/mol. The van der Waals surface area contributed by atoms with E-state index in [4.69, 9.17) is 5.11 Å². The van der Waals surface area contributed by atoms with E-state index in [2.05, 4.69) is 0 Å². The summed E-state index contributed by atoms with van der Waals surface area (Å²) in [6.45, 7) is 3.12. The summed E-state index contributed by atoms with van der Waals surface area (Å²) in [6, 6.07) is 0. The third-order valence-electron chi connectivity index (χ3n) is 3.11. The van der Waals surface area contributed by atoms with Crippen molar-refractivity contribution in [1.82, 2.24) is 4.90 Å². The van der Waals surface area contributed by atoms with Gasteiger partial charge in [0.1, 0.15) is 0 Å². The number of hydrogen-bond donors (Lipinski definition) is 2. The minimum absolute atomic E-state index is 0.0266. The van der Waals surface area contributed by atoms with Crippen molar-refractivity contribution in [3.8, 4) is 0 Å². The molecule has 1 aliphatic rings. The first-order chi connectivity index (χ1) is 7.06. The molecule has 15 heavy (non-hydrogen) atoms. The maximum Gasteiger partial charge on any atom is 0.317 e. The number of rotatable bonds is 5. The predicted octanol–water partition coefficient (Wildman–Crippen LogP) is 1.09. The number of nitrogens with zero attached hydrogens (tertiary/aromatic N) is 1. The lowest BCUT2D eigenvalue weighted by Gasteiger charge is -2.36. The van der Waals surface area contributed by atoms with Crippen LogP contribution in [0.1, 0.15) is 39.0 Å². The van der Waals surface area contributed by atoms with E-state index in [1.54, 1.807) is 4.90 Å². The number of hydrogen-bond acceptors (Lipinski definition) is 3. The molecule has 0 heterocycles. The third-order valence-corrected chi connectivity index (χ3v) is 3.11. The van der Waals surface area contributed by atoms with Crippen molar-refractivity contribution in [3.63, 3.8) is 0 Å². The van der Waals surface area contributed by atoms with Crippen molar-refractivity contribution in [1.29, 1.82) is 0 Å². The first-order valence-corrected chi connectivity index (χ1v) is 5.72. The number of likely N-dealkylation sites (N-methyl/N-ethyl adjacent to an activating group) is 1. The van der Waals surface area contributed by atoms with Crippen molar-refractivity contribution in [2.24, 2.45) is 0 Å². The summed E-state index contributed by atoms with van der Waals surface area (Å²) in [5.41, 5.74) is -0.649. The van der Waals surface area contributed by atoms with Crippen LogP contribution in [0.15, 0.2) is 0 Å². The Hall–Kier alpha value is -0.610. The van der Waals surface area contributed by atoms with Crippen LogP contribution in [0.5, 0.6) is 0 Å². The lowest BCUT2D eigenvalue weighted by molar-refractivity contribution is -0.139. The molecule has 0 aromatic rings. The molecule has 2 N–H and O–H groups in total. The Morgan fingerprint density at radius 3 is 2.40 bits per heavy atom. The Morgan fingerprint density at radius 1 is 1.33 bits per heavy atom. The zero-order valence-electron chi connectivity index (χ0n) is 9.41. The van der Waals surface area contributed by atoms with Gasteiger partial charge in [0.25, 0.3) is 0 Å². The van der Waals surface area contributed by atoms with Gasteiger partial charge in [0, 0.05) is 6.54 Å². The summed E-state index contributed by atoms with van der Waals surface area (Å²) in [4.78, 5) is 12.4. The van der Waals surface area contributed by atoms with Gasteiger partial charge in [0.2, 0.25) is 0 Å². The molecular formula is C11H21NO3. The second kappa shape index (κ2) is 5.47. The minimum atomic E-state index is -0.823. The number of aliphatic hydroxyl groups is 1. The summed E-state index contributed by atoms with van der Waals surface area (Å²) in [7, 11) is 0. The zero-order valence-corrected chi connectivity index (χ0v) is 9.41. The lowest BCUT2D eigenvalue weighted by Crippen LogP contribution is -2.46. The number of carbonyl (C=O) groups is 1. The molecule has 0 bridgehead atoms. The smallest absolute Gasteiger partial charge is 0.317 e. The highest BCUT2D eigenvalue weighted by molar-refractivity contribution is 5.69. The van der Waals surface area contributed by atoms with Crippen molar-refractivity contribution in [2.45, 2.75) is 44.6 Å². The molecule has 1 rings (SSSR count). The Balaban J connectivity index is 2.45. The SMILES string of the molecule is CCN(CC(=O)O)CC1(O)CCCCC1. The van der Waals surface area contributed by atoms with Gasteiger partial charge in [-0.2, -0.15) is 0 Å². The number of aliphatic carboxylic acids is 1. The second-order valence-electron chi connectivity index (χ2n) is 4.48. The van der Waals surface area contributed by atoms with Gasteiger partial charge in [-0.15, -0.1) is 0 Å². The van der Waals surface area contributed by atoms with E-state index in [-0.39, 0.29) is 6.54 Å². The minimum Gasteiger partial charge on any atom is -0.480 e. The maximum atomic E-state index is 10.6. The number of carboxylic acid groups (broad SMARTS) is 1. The highest BCUT2D eigenvalue weighted by Gasteiger charge is 2.31. The van der Waals surface area contributed by atoms with E-state index in [1.165, 1.54) is 6.42 Å². The van der Waals surface area contributed by atoms with Crippen molar-refractivity contribution < 1.29 is 15.0 Å². The molecule has 1 aliphatic carbocycles. The molecule has 0 saturated heterocycles. The van der Waals surface area contributed by atoms with Gasteiger partial charge in [-0.25, -0.2) is 0 Å². The van der Waals surface area contributed by atoms with Gasteiger partial charge in [-0.3, -0.25) is 9.69 Å². The van der Waals surface area contributed by atoms with Crippen LogP contribution in [0.25, 0.3) is 0 Å². The van der Waals surface area contributed by atoms with E-state index >= 15 is 0 Å². The molecule has 0 amide bonds. The van der Waals surface area contributed by atoms with E-state index in [0.29, 0.717) is 13.1 Å². The zero-order chi connectivity index (χ0) is 11.3. The largest absolute Gasteiger partial charge is 0.480 e. The fourth-order valence-corrected chi connectivity index (χ4v) is 2.26. The standard InChI is InChI=1S/C11H21NO3/c1-2-12(8-10(13)14)9-11(15)6-4-3-5-7-11/h15H,2-9H2,1H3,(H,13,14). The van der Waals surface area contributed by atoms with Gasteiger partial charge in [-0.05, 0) is 19.4 Å². The van der Waals surface area contributed by atoms with Crippen LogP contribution in [-0.2, 0) is 4.79 Å². The Labute approximate surface area is 90.9 Å². The fraction of sp³-hybridized carbons (Fsp3) is 0.909. The summed E-state index contributed by atoms with van der Waals surface area (Å²) in [6.07, 6.45) is 4.92. The van der Waals surface area contributed by atoms with Crippen LogP contribution < -0.4 is 0 Å². The third kappa shape index (κ3) is 4.18. The van der Waals surface area contributed by atoms with Crippen LogP contribution in [0.4, 0.5) is 0 Å². The average Bonchev–Trinajstić information content (AvgIpc) is 2.16. The van der Waals surface area contributed by atoms with E-state index in [9.17, 15) is 9.90 Å². The van der Waals surface area contributed by atoms with E-state index in [0.717, 1.165) is 25.7 Å². The highest BCUT2D eigenvalue weighted by atomic mass is 16.4. The summed E-state index contributed by atoms with van der Waals surface area (Å²) >= 11 is 0. The summed E-state index contributed by atoms with van der Waals surface area (Å²) in [5.74, 6) is -0.823. The number of carboxylic acids is 1. The van der Waals surface area contributed by atoms with Crippen LogP contribution >= 0.6 is 0 Å². The topological polar surface area (TPSA) is 60.8 Å². The molecule has 0 atom stereocenters. The molecule has 0 aromatic carbocycles. The van der Waals surface area contributed by atoms with Gasteiger partial charge in [0.15, 0.2) is 0 Å². The first kappa shape index (κ1) is 12.5. The van der Waals surface area contributed by atoms with Gasteiger partial charge < -0.3 is 10.2 Å². The van der Waals surface area contributed by atoms with Gasteiger partial charge in [-0.1, -0.05) is 26.2 Å². The molecule has 1 saturated carbocycles. The summed E-state index contributed by atoms with van der Waals surface area (Å²) < 4.78 is 0. The van der Waals surface area contributed by atoms with Crippen LogP contribution in [0.3, 0.4) is 0 Å². The van der Waals surface area contributed by atoms with Crippen LogP contribution in [-0.4, -0.2) is 46.3 Å². The quantitative estimate of drug-likeness (QED) is 0.720. The van der Waals surface area contributed by atoms with Crippen LogP contribution in [0.2, 0.25) is 0 Å². The van der Waals surface area contributed by atoms with Crippen molar-refractivity contribution >= 4 is 5.97 Å². The molecule has 0 radical (unpaired) electrons. The molecule has 88 valence electrons. The fourth-order valence-electron chi connectivity index (χ4n) is 2.26. The Bertz CT molecular complexity index is 212. The van der Waals surface area contributed by atoms with Gasteiger partial charge >= 0.3 is 5.97 Å². The molecule has 4 nitrogen and oxygen atoms in total.